The highest BCUT2D eigenvalue weighted by Crippen LogP contribution is 2.48. The molecule has 18 heavy (non-hydrogen) atoms. The average molecular weight is 257 g/mol. The maximum absolute atomic E-state index is 10.9. The molecule has 0 aromatic heterocycles. The molecule has 0 bridgehead atoms. The average Bonchev–Trinajstić information content (AvgIpc) is 2.39. The van der Waals surface area contributed by atoms with E-state index in [1.165, 1.54) is 25.7 Å². The Balaban J connectivity index is 2.76. The van der Waals surface area contributed by atoms with Gasteiger partial charge in [-0.25, -0.2) is 0 Å². The van der Waals surface area contributed by atoms with Crippen LogP contribution in [0, 0.1) is 11.3 Å². The zero-order valence-corrected chi connectivity index (χ0v) is 12.5. The summed E-state index contributed by atoms with van der Waals surface area (Å²) in [5.74, 6) is 0.823. The summed E-state index contributed by atoms with van der Waals surface area (Å²) in [5.41, 5.74) is 5.01. The van der Waals surface area contributed by atoms with Crippen molar-refractivity contribution >= 4 is 0 Å². The molecule has 1 rings (SSSR count). The summed E-state index contributed by atoms with van der Waals surface area (Å²) in [6, 6.07) is 0. The Kier molecular flexibility index (Phi) is 5.63. The molecule has 1 fully saturated rings. The van der Waals surface area contributed by atoms with Crippen molar-refractivity contribution < 1.29 is 9.84 Å². The quantitative estimate of drug-likeness (QED) is 0.769. The van der Waals surface area contributed by atoms with Gasteiger partial charge in [-0.2, -0.15) is 0 Å². The Hall–Kier alpha value is -0.120. The molecule has 2 unspecified atom stereocenters. The second-order valence-corrected chi connectivity index (χ2v) is 6.24. The molecule has 3 nitrogen and oxygen atoms in total. The minimum absolute atomic E-state index is 0.174. The number of hydrogen-bond donors (Lipinski definition) is 2. The Bertz CT molecular complexity index is 245. The van der Waals surface area contributed by atoms with E-state index in [0.29, 0.717) is 6.54 Å². The molecule has 3 N–H and O–H groups in total. The van der Waals surface area contributed by atoms with Gasteiger partial charge in [0.1, 0.15) is 0 Å². The van der Waals surface area contributed by atoms with E-state index < -0.39 is 5.60 Å². The van der Waals surface area contributed by atoms with Gasteiger partial charge in [-0.3, -0.25) is 0 Å². The van der Waals surface area contributed by atoms with Crippen molar-refractivity contribution in [2.75, 3.05) is 13.7 Å². The lowest BCUT2D eigenvalue weighted by Crippen LogP contribution is -2.58. The minimum Gasteiger partial charge on any atom is -0.387 e. The van der Waals surface area contributed by atoms with Gasteiger partial charge in [0.25, 0.3) is 0 Å². The predicted octanol–water partition coefficient (Wildman–Crippen LogP) is 2.71. The van der Waals surface area contributed by atoms with E-state index in [1.54, 1.807) is 7.11 Å². The molecular formula is C15H31NO2. The van der Waals surface area contributed by atoms with Crippen molar-refractivity contribution in [2.45, 2.75) is 71.0 Å². The first-order valence-electron chi connectivity index (χ1n) is 7.38. The van der Waals surface area contributed by atoms with Gasteiger partial charge in [0, 0.05) is 19.1 Å². The molecule has 108 valence electrons. The van der Waals surface area contributed by atoms with Crippen LogP contribution in [0.4, 0.5) is 0 Å². The van der Waals surface area contributed by atoms with Crippen molar-refractivity contribution in [3.63, 3.8) is 0 Å². The van der Waals surface area contributed by atoms with Crippen LogP contribution in [-0.4, -0.2) is 30.5 Å². The zero-order chi connectivity index (χ0) is 13.8. The Morgan fingerprint density at radius 1 is 1.44 bits per heavy atom. The van der Waals surface area contributed by atoms with E-state index >= 15 is 0 Å². The first-order chi connectivity index (χ1) is 8.43. The first-order valence-corrected chi connectivity index (χ1v) is 7.38. The summed E-state index contributed by atoms with van der Waals surface area (Å²) in [6.45, 7) is 6.63. The van der Waals surface area contributed by atoms with Crippen molar-refractivity contribution in [3.05, 3.63) is 0 Å². The molecule has 1 aliphatic carbocycles. The lowest BCUT2D eigenvalue weighted by atomic mass is 9.60. The van der Waals surface area contributed by atoms with Gasteiger partial charge in [-0.15, -0.1) is 0 Å². The second-order valence-electron chi connectivity index (χ2n) is 6.24. The van der Waals surface area contributed by atoms with E-state index in [2.05, 4.69) is 6.92 Å². The highest BCUT2D eigenvalue weighted by molar-refractivity contribution is 5.02. The number of hydrogen-bond acceptors (Lipinski definition) is 3. The fourth-order valence-electron chi connectivity index (χ4n) is 3.50. The van der Waals surface area contributed by atoms with E-state index in [-0.39, 0.29) is 11.5 Å². The summed E-state index contributed by atoms with van der Waals surface area (Å²) in [5, 5.41) is 10.9. The molecule has 0 aromatic rings. The molecule has 0 saturated heterocycles. The SMILES string of the molecule is CCCC1CCC(CN)(C(C)(O)C(C)OC)CC1. The molecule has 2 atom stereocenters. The highest BCUT2D eigenvalue weighted by atomic mass is 16.5. The molecule has 0 aliphatic heterocycles. The van der Waals surface area contributed by atoms with Gasteiger partial charge in [0.2, 0.25) is 0 Å². The third kappa shape index (κ3) is 2.89. The van der Waals surface area contributed by atoms with Crippen LogP contribution in [0.3, 0.4) is 0 Å². The molecule has 1 saturated carbocycles. The van der Waals surface area contributed by atoms with E-state index in [9.17, 15) is 5.11 Å². The fourth-order valence-corrected chi connectivity index (χ4v) is 3.50. The lowest BCUT2D eigenvalue weighted by molar-refractivity contribution is -0.164. The van der Waals surface area contributed by atoms with Crippen LogP contribution in [0.15, 0.2) is 0 Å². The third-order valence-electron chi connectivity index (χ3n) is 5.37. The van der Waals surface area contributed by atoms with Crippen LogP contribution in [0.1, 0.15) is 59.3 Å². The van der Waals surface area contributed by atoms with E-state index in [4.69, 9.17) is 10.5 Å². The number of methoxy groups -OCH3 is 1. The second kappa shape index (κ2) is 6.36. The van der Waals surface area contributed by atoms with Crippen LogP contribution in [0.5, 0.6) is 0 Å². The van der Waals surface area contributed by atoms with Gasteiger partial charge in [0.15, 0.2) is 0 Å². The number of ether oxygens (including phenoxy) is 1. The van der Waals surface area contributed by atoms with Crippen molar-refractivity contribution in [2.24, 2.45) is 17.1 Å². The fraction of sp³-hybridized carbons (Fsp3) is 1.00. The predicted molar refractivity (Wildman–Crippen MR) is 75.4 cm³/mol. The number of rotatable bonds is 6. The molecule has 3 heteroatoms. The van der Waals surface area contributed by atoms with Gasteiger partial charge >= 0.3 is 0 Å². The Morgan fingerprint density at radius 2 is 2.00 bits per heavy atom. The van der Waals surface area contributed by atoms with Crippen LogP contribution < -0.4 is 5.73 Å². The number of aliphatic hydroxyl groups is 1. The summed E-state index contributed by atoms with van der Waals surface area (Å²) < 4.78 is 5.36. The minimum atomic E-state index is -0.840. The standard InChI is InChI=1S/C15H31NO2/c1-5-6-13-7-9-15(11-16,10-8-13)14(3,17)12(2)18-4/h12-13,17H,5-11,16H2,1-4H3. The molecular weight excluding hydrogens is 226 g/mol. The van der Waals surface area contributed by atoms with Crippen LogP contribution >= 0.6 is 0 Å². The van der Waals surface area contributed by atoms with Crippen molar-refractivity contribution in [1.82, 2.24) is 0 Å². The van der Waals surface area contributed by atoms with Gasteiger partial charge < -0.3 is 15.6 Å². The van der Waals surface area contributed by atoms with Crippen molar-refractivity contribution in [1.29, 1.82) is 0 Å². The number of nitrogens with two attached hydrogens (primary N) is 1. The molecule has 0 amide bonds. The summed E-state index contributed by atoms with van der Waals surface area (Å²) in [4.78, 5) is 0. The Labute approximate surface area is 112 Å². The van der Waals surface area contributed by atoms with Gasteiger partial charge in [0.05, 0.1) is 11.7 Å². The van der Waals surface area contributed by atoms with Crippen molar-refractivity contribution in [3.8, 4) is 0 Å². The molecule has 1 aliphatic rings. The normalized spacial score (nSPS) is 34.0. The maximum atomic E-state index is 10.9. The van der Waals surface area contributed by atoms with Gasteiger partial charge in [-0.05, 0) is 45.4 Å². The van der Waals surface area contributed by atoms with Crippen LogP contribution in [0.25, 0.3) is 0 Å². The molecule has 0 radical (unpaired) electrons. The lowest BCUT2D eigenvalue weighted by Gasteiger charge is -2.51. The van der Waals surface area contributed by atoms with Crippen LogP contribution in [0.2, 0.25) is 0 Å². The third-order valence-corrected chi connectivity index (χ3v) is 5.37. The monoisotopic (exact) mass is 257 g/mol. The van der Waals surface area contributed by atoms with E-state index in [1.807, 2.05) is 13.8 Å². The van der Waals surface area contributed by atoms with Crippen LogP contribution in [-0.2, 0) is 4.74 Å². The summed E-state index contributed by atoms with van der Waals surface area (Å²) in [7, 11) is 1.66. The Morgan fingerprint density at radius 3 is 2.39 bits per heavy atom. The largest absolute Gasteiger partial charge is 0.387 e. The highest BCUT2D eigenvalue weighted by Gasteiger charge is 2.50. The topological polar surface area (TPSA) is 55.5 Å². The van der Waals surface area contributed by atoms with Gasteiger partial charge in [-0.1, -0.05) is 19.8 Å². The molecule has 0 spiro atoms. The summed E-state index contributed by atoms with van der Waals surface area (Å²) in [6.07, 6.45) is 6.82. The summed E-state index contributed by atoms with van der Waals surface area (Å²) >= 11 is 0. The smallest absolute Gasteiger partial charge is 0.0945 e. The van der Waals surface area contributed by atoms with E-state index in [0.717, 1.165) is 18.8 Å². The molecule has 0 heterocycles. The molecule has 0 aromatic carbocycles. The maximum Gasteiger partial charge on any atom is 0.0945 e. The zero-order valence-electron chi connectivity index (χ0n) is 12.5. The first kappa shape index (κ1) is 15.9.